The number of rotatable bonds is 9. The molecule has 2 bridgehead atoms. The number of thiazole rings is 1. The Morgan fingerprint density at radius 3 is 2.55 bits per heavy atom. The van der Waals surface area contributed by atoms with Crippen LogP contribution >= 0.6 is 11.3 Å². The Hall–Kier alpha value is -3.97. The molecule has 0 N–H and O–H groups in total. The number of pyridine rings is 1. The third-order valence-corrected chi connectivity index (χ3v) is 9.31. The fourth-order valence-corrected chi connectivity index (χ4v) is 7.25. The summed E-state index contributed by atoms with van der Waals surface area (Å²) >= 11 is 1.58. The molecule has 1 unspecified atom stereocenters. The van der Waals surface area contributed by atoms with Gasteiger partial charge in [0.2, 0.25) is 0 Å². The largest absolute Gasteiger partial charge is 0.573 e. The van der Waals surface area contributed by atoms with Gasteiger partial charge in [0.15, 0.2) is 5.13 Å². The van der Waals surface area contributed by atoms with Gasteiger partial charge in [0.1, 0.15) is 22.9 Å². The summed E-state index contributed by atoms with van der Waals surface area (Å²) in [7, 11) is 1.32. The Morgan fingerprint density at radius 2 is 1.86 bits per heavy atom. The lowest BCUT2D eigenvalue weighted by atomic mass is 10.00. The number of methoxy groups -OCH3 is 1. The second kappa shape index (κ2) is 11.5. The molecule has 1 saturated carbocycles. The van der Waals surface area contributed by atoms with E-state index in [1.807, 2.05) is 11.4 Å². The molecule has 44 heavy (non-hydrogen) atoms. The zero-order valence-electron chi connectivity index (χ0n) is 23.8. The van der Waals surface area contributed by atoms with Crippen LogP contribution in [0.2, 0.25) is 0 Å². The van der Waals surface area contributed by atoms with Crippen molar-refractivity contribution >= 4 is 22.4 Å². The van der Waals surface area contributed by atoms with Gasteiger partial charge in [-0.15, -0.1) is 24.5 Å². The molecule has 7 rings (SSSR count). The number of fused-ring (bicyclic) bond motifs is 2. The van der Waals surface area contributed by atoms with E-state index in [9.17, 15) is 18.0 Å². The molecule has 0 radical (unpaired) electrons. The van der Waals surface area contributed by atoms with Crippen LogP contribution in [0, 0.1) is 0 Å². The first kappa shape index (κ1) is 28.8. The number of hydrogen-bond acceptors (Lipinski definition) is 10. The number of benzene rings is 1. The van der Waals surface area contributed by atoms with E-state index in [-0.39, 0.29) is 47.7 Å². The fourth-order valence-electron chi connectivity index (χ4n) is 6.28. The first-order valence-electron chi connectivity index (χ1n) is 14.5. The van der Waals surface area contributed by atoms with Crippen molar-refractivity contribution < 1.29 is 36.7 Å². The summed E-state index contributed by atoms with van der Waals surface area (Å²) in [5.74, 6) is 0.0870. The number of carbonyl (C=O) groups is 1. The second-order valence-corrected chi connectivity index (χ2v) is 12.2. The summed E-state index contributed by atoms with van der Waals surface area (Å²) in [6.45, 7) is 0.199. The number of carbonyl (C=O) groups excluding carboxylic acids is 1. The number of ether oxygens (including phenoxy) is 3. The van der Waals surface area contributed by atoms with Gasteiger partial charge in [0.25, 0.3) is 0 Å². The molecule has 3 aliphatic rings. The van der Waals surface area contributed by atoms with E-state index >= 15 is 0 Å². The van der Waals surface area contributed by atoms with E-state index in [4.69, 9.17) is 19.0 Å². The Bertz CT molecular complexity index is 1640. The predicted octanol–water partition coefficient (Wildman–Crippen LogP) is 7.14. The molecule has 2 aliphatic heterocycles. The topological polar surface area (TPSA) is 99.8 Å². The average Bonchev–Trinajstić information content (AvgIpc) is 3.48. The fraction of sp³-hybridized carbons (Fsp3) is 0.419. The highest BCUT2D eigenvalue weighted by atomic mass is 32.1. The lowest BCUT2D eigenvalue weighted by Crippen LogP contribution is -2.45. The number of nitrogens with zero attached hydrogens (tertiary/aromatic N) is 4. The van der Waals surface area contributed by atoms with E-state index in [0.29, 0.717) is 17.0 Å². The Kier molecular flexibility index (Phi) is 7.53. The molecule has 2 saturated heterocycles. The lowest BCUT2D eigenvalue weighted by molar-refractivity contribution is -0.274. The maximum absolute atomic E-state index is 13.1. The normalized spacial score (nSPS) is 21.5. The number of hydrogen-bond donors (Lipinski definition) is 0. The monoisotopic (exact) mass is 626 g/mol. The van der Waals surface area contributed by atoms with Gasteiger partial charge in [0.05, 0.1) is 25.5 Å². The van der Waals surface area contributed by atoms with Crippen molar-refractivity contribution in [1.82, 2.24) is 15.1 Å². The summed E-state index contributed by atoms with van der Waals surface area (Å²) in [6, 6.07) is 9.97. The van der Waals surface area contributed by atoms with Crippen molar-refractivity contribution in [3.63, 3.8) is 0 Å². The molecule has 1 aromatic carbocycles. The van der Waals surface area contributed by atoms with Crippen LogP contribution < -0.4 is 9.64 Å². The van der Waals surface area contributed by atoms with Crippen molar-refractivity contribution in [3.8, 4) is 28.3 Å². The van der Waals surface area contributed by atoms with E-state index < -0.39 is 12.3 Å². The van der Waals surface area contributed by atoms with Gasteiger partial charge in [-0.2, -0.15) is 0 Å². The predicted molar refractivity (Wildman–Crippen MR) is 154 cm³/mol. The SMILES string of the molecule is COC(=O)c1ccc(-c2csc(N3[C@@H]4CC[C@H]3CC(OCc3c(-c5ccccc5OC(F)(F)F)noc3C3CC3)C4)n2)cn1. The maximum Gasteiger partial charge on any atom is 0.573 e. The molecular formula is C31H29F3N4O5S. The quantitative estimate of drug-likeness (QED) is 0.180. The van der Waals surface area contributed by atoms with Crippen molar-refractivity contribution in [2.75, 3.05) is 12.0 Å². The van der Waals surface area contributed by atoms with Gasteiger partial charge in [-0.1, -0.05) is 17.3 Å². The van der Waals surface area contributed by atoms with Gasteiger partial charge in [0, 0.05) is 46.3 Å². The van der Waals surface area contributed by atoms with E-state index in [0.717, 1.165) is 54.9 Å². The molecule has 0 spiro atoms. The summed E-state index contributed by atoms with van der Waals surface area (Å²) in [6.07, 6.45) is 2.37. The number of halogens is 3. The highest BCUT2D eigenvalue weighted by Gasteiger charge is 2.43. The minimum absolute atomic E-state index is 0.0188. The van der Waals surface area contributed by atoms with Crippen LogP contribution in [0.1, 0.15) is 66.3 Å². The van der Waals surface area contributed by atoms with Crippen molar-refractivity contribution in [3.05, 3.63) is 65.0 Å². The molecule has 0 amide bonds. The molecule has 230 valence electrons. The van der Waals surface area contributed by atoms with Crippen LogP contribution in [-0.4, -0.2) is 52.8 Å². The van der Waals surface area contributed by atoms with Crippen LogP contribution in [0.5, 0.6) is 5.75 Å². The van der Waals surface area contributed by atoms with Crippen LogP contribution in [-0.2, 0) is 16.1 Å². The first-order valence-corrected chi connectivity index (χ1v) is 15.4. The van der Waals surface area contributed by atoms with Crippen molar-refractivity contribution in [2.45, 2.75) is 75.6 Å². The standard InChI is InChI=1S/C31H29F3N4O5S/c1-40-29(39)24-11-8-18(14-35-24)25-16-44-30(36-25)38-19-9-10-20(38)13-21(12-19)41-15-23-27(37-43-28(23)17-6-7-17)22-4-2-3-5-26(22)42-31(32,33)34/h2-5,8,11,14,16-17,19-21H,6-7,9-10,12-13,15H2,1H3/t19-,20+,21?. The zero-order chi connectivity index (χ0) is 30.4. The van der Waals surface area contributed by atoms with Crippen molar-refractivity contribution in [2.24, 2.45) is 0 Å². The number of alkyl halides is 3. The van der Waals surface area contributed by atoms with Crippen LogP contribution in [0.4, 0.5) is 18.3 Å². The molecule has 1 aliphatic carbocycles. The van der Waals surface area contributed by atoms with Crippen LogP contribution in [0.25, 0.3) is 22.5 Å². The summed E-state index contributed by atoms with van der Waals surface area (Å²) in [5, 5.41) is 7.14. The highest BCUT2D eigenvalue weighted by Crippen LogP contribution is 2.47. The molecule has 5 heterocycles. The Balaban J connectivity index is 1.05. The molecule has 3 atom stereocenters. The van der Waals surface area contributed by atoms with E-state index in [2.05, 4.69) is 19.8 Å². The Morgan fingerprint density at radius 1 is 1.09 bits per heavy atom. The molecule has 9 nitrogen and oxygen atoms in total. The highest BCUT2D eigenvalue weighted by molar-refractivity contribution is 7.14. The lowest BCUT2D eigenvalue weighted by Gasteiger charge is -2.38. The average molecular weight is 627 g/mol. The number of para-hydroxylation sites is 1. The molecule has 13 heteroatoms. The number of esters is 1. The van der Waals surface area contributed by atoms with Gasteiger partial charge < -0.3 is 23.6 Å². The third kappa shape index (κ3) is 5.77. The molecule has 4 aromatic rings. The summed E-state index contributed by atoms with van der Waals surface area (Å²) in [4.78, 5) is 23.2. The smallest absolute Gasteiger partial charge is 0.464 e. The van der Waals surface area contributed by atoms with Crippen LogP contribution in [0.3, 0.4) is 0 Å². The molecule has 3 aromatic heterocycles. The van der Waals surface area contributed by atoms with Gasteiger partial charge in [-0.25, -0.2) is 14.8 Å². The second-order valence-electron chi connectivity index (χ2n) is 11.3. The van der Waals surface area contributed by atoms with Gasteiger partial charge in [-0.05, 0) is 62.8 Å². The molecular weight excluding hydrogens is 597 g/mol. The minimum atomic E-state index is -4.83. The maximum atomic E-state index is 13.1. The number of aromatic nitrogens is 3. The van der Waals surface area contributed by atoms with Gasteiger partial charge in [-0.3, -0.25) is 0 Å². The first-order chi connectivity index (χ1) is 21.3. The zero-order valence-corrected chi connectivity index (χ0v) is 24.6. The summed E-state index contributed by atoms with van der Waals surface area (Å²) < 4.78 is 60.6. The number of anilines is 1. The minimum Gasteiger partial charge on any atom is -0.464 e. The summed E-state index contributed by atoms with van der Waals surface area (Å²) in [5.41, 5.74) is 3.11. The van der Waals surface area contributed by atoms with Crippen molar-refractivity contribution in [1.29, 1.82) is 0 Å². The molecule has 3 fully saturated rings. The third-order valence-electron chi connectivity index (χ3n) is 8.45. The Labute approximate surface area is 254 Å². The van der Waals surface area contributed by atoms with Gasteiger partial charge >= 0.3 is 12.3 Å². The number of piperidine rings is 1. The van der Waals surface area contributed by atoms with Crippen LogP contribution in [0.15, 0.2) is 52.5 Å². The van der Waals surface area contributed by atoms with E-state index in [1.165, 1.54) is 19.2 Å². The van der Waals surface area contributed by atoms with E-state index in [1.54, 1.807) is 35.7 Å².